The van der Waals surface area contributed by atoms with E-state index in [1.165, 1.54) is 6.26 Å². The van der Waals surface area contributed by atoms with Gasteiger partial charge in [0.1, 0.15) is 16.5 Å². The first-order valence-electron chi connectivity index (χ1n) is 8.33. The van der Waals surface area contributed by atoms with E-state index < -0.39 is 9.84 Å². The number of aromatic nitrogens is 3. The van der Waals surface area contributed by atoms with Crippen LogP contribution in [0.4, 0.5) is 5.82 Å². The van der Waals surface area contributed by atoms with Crippen molar-refractivity contribution < 1.29 is 8.42 Å². The van der Waals surface area contributed by atoms with Gasteiger partial charge in [-0.1, -0.05) is 29.8 Å². The van der Waals surface area contributed by atoms with Gasteiger partial charge in [0.05, 0.1) is 10.6 Å². The molecule has 3 aromatic rings. The lowest BCUT2D eigenvalue weighted by atomic mass is 10.1. The molecule has 140 valence electrons. The van der Waals surface area contributed by atoms with Gasteiger partial charge in [-0.25, -0.2) is 18.4 Å². The van der Waals surface area contributed by atoms with Crippen LogP contribution in [-0.4, -0.2) is 36.2 Å². The minimum absolute atomic E-state index is 0.314. The Bertz CT molecular complexity index is 1040. The van der Waals surface area contributed by atoms with Gasteiger partial charge in [-0.15, -0.1) is 0 Å². The summed E-state index contributed by atoms with van der Waals surface area (Å²) >= 11 is 6.33. The molecule has 2 aromatic heterocycles. The highest BCUT2D eigenvalue weighted by Crippen LogP contribution is 2.25. The summed E-state index contributed by atoms with van der Waals surface area (Å²) in [7, 11) is -3.18. The smallest absolute Gasteiger partial charge is 0.180 e. The Morgan fingerprint density at radius 3 is 2.44 bits per heavy atom. The molecule has 0 fully saturated rings. The van der Waals surface area contributed by atoms with Crippen LogP contribution in [0.25, 0.3) is 11.5 Å². The minimum atomic E-state index is -3.18. The number of hydrogen-bond donors (Lipinski definition) is 1. The van der Waals surface area contributed by atoms with Crippen LogP contribution < -0.4 is 5.32 Å². The molecule has 27 heavy (non-hydrogen) atoms. The van der Waals surface area contributed by atoms with Crippen molar-refractivity contribution in [2.75, 3.05) is 18.1 Å². The van der Waals surface area contributed by atoms with E-state index in [1.54, 1.807) is 18.3 Å². The van der Waals surface area contributed by atoms with Crippen molar-refractivity contribution in [2.24, 2.45) is 0 Å². The lowest BCUT2D eigenvalue weighted by Crippen LogP contribution is -2.09. The topological polar surface area (TPSA) is 84.8 Å². The highest BCUT2D eigenvalue weighted by molar-refractivity contribution is 7.90. The Morgan fingerprint density at radius 1 is 1.07 bits per heavy atom. The number of sulfone groups is 1. The molecule has 0 saturated heterocycles. The molecule has 0 atom stereocenters. The standard InChI is InChI=1S/C19H19ClN4O2S/c1-13-17(20)19(24-18(23-13)16-5-3-4-11-21-16)22-12-10-14-6-8-15(9-7-14)27(2,25)26/h3-9,11H,10,12H2,1-2H3,(H,22,23,24). The summed E-state index contributed by atoms with van der Waals surface area (Å²) in [6.45, 7) is 2.42. The predicted octanol–water partition coefficient (Wildman–Crippen LogP) is 3.56. The number of nitrogens with one attached hydrogen (secondary N) is 1. The third-order valence-electron chi connectivity index (χ3n) is 3.97. The van der Waals surface area contributed by atoms with E-state index in [2.05, 4.69) is 20.3 Å². The number of nitrogens with zero attached hydrogens (tertiary/aromatic N) is 3. The third-order valence-corrected chi connectivity index (χ3v) is 5.55. The number of rotatable bonds is 6. The number of pyridine rings is 1. The Labute approximate surface area is 163 Å². The third kappa shape index (κ3) is 4.81. The summed E-state index contributed by atoms with van der Waals surface area (Å²) in [4.78, 5) is 13.5. The maximum atomic E-state index is 11.5. The molecule has 0 unspecified atom stereocenters. The molecule has 0 saturated carbocycles. The fraction of sp³-hybridized carbons (Fsp3) is 0.211. The molecule has 2 heterocycles. The van der Waals surface area contributed by atoms with Crippen LogP contribution in [0.2, 0.25) is 5.02 Å². The van der Waals surface area contributed by atoms with Crippen LogP contribution >= 0.6 is 11.6 Å². The lowest BCUT2D eigenvalue weighted by Gasteiger charge is -2.11. The molecular weight excluding hydrogens is 384 g/mol. The summed E-state index contributed by atoms with van der Waals surface area (Å²) in [5, 5.41) is 3.70. The van der Waals surface area contributed by atoms with Crippen molar-refractivity contribution in [1.29, 1.82) is 0 Å². The van der Waals surface area contributed by atoms with E-state index in [0.29, 0.717) is 45.9 Å². The van der Waals surface area contributed by atoms with E-state index in [9.17, 15) is 8.42 Å². The van der Waals surface area contributed by atoms with Crippen molar-refractivity contribution in [3.05, 3.63) is 64.9 Å². The van der Waals surface area contributed by atoms with E-state index in [-0.39, 0.29) is 0 Å². The lowest BCUT2D eigenvalue weighted by molar-refractivity contribution is 0.602. The van der Waals surface area contributed by atoms with Crippen LogP contribution in [-0.2, 0) is 16.3 Å². The van der Waals surface area contributed by atoms with Crippen molar-refractivity contribution >= 4 is 27.3 Å². The van der Waals surface area contributed by atoms with Crippen molar-refractivity contribution in [3.8, 4) is 11.5 Å². The second kappa shape index (κ2) is 8.02. The van der Waals surface area contributed by atoms with Gasteiger partial charge in [0.15, 0.2) is 15.7 Å². The summed E-state index contributed by atoms with van der Waals surface area (Å²) in [6, 6.07) is 12.4. The molecule has 8 heteroatoms. The second-order valence-electron chi connectivity index (χ2n) is 6.10. The summed E-state index contributed by atoms with van der Waals surface area (Å²) in [5.41, 5.74) is 2.37. The minimum Gasteiger partial charge on any atom is -0.368 e. The highest BCUT2D eigenvalue weighted by atomic mass is 35.5. The van der Waals surface area contributed by atoms with Crippen LogP contribution in [0.3, 0.4) is 0 Å². The molecule has 1 N–H and O–H groups in total. The largest absolute Gasteiger partial charge is 0.368 e. The van der Waals surface area contributed by atoms with Gasteiger partial charge in [-0.2, -0.15) is 0 Å². The zero-order chi connectivity index (χ0) is 19.4. The van der Waals surface area contributed by atoms with Crippen molar-refractivity contribution in [3.63, 3.8) is 0 Å². The number of benzene rings is 1. The van der Waals surface area contributed by atoms with Crippen LogP contribution in [0.5, 0.6) is 0 Å². The van der Waals surface area contributed by atoms with Gasteiger partial charge in [0, 0.05) is 19.0 Å². The molecular formula is C19H19ClN4O2S. The van der Waals surface area contributed by atoms with E-state index in [4.69, 9.17) is 11.6 Å². The molecule has 0 aliphatic carbocycles. The molecule has 1 aromatic carbocycles. The van der Waals surface area contributed by atoms with Gasteiger partial charge in [-0.05, 0) is 43.2 Å². The molecule has 0 bridgehead atoms. The average Bonchev–Trinajstić information content (AvgIpc) is 2.65. The predicted molar refractivity (Wildman–Crippen MR) is 107 cm³/mol. The summed E-state index contributed by atoms with van der Waals surface area (Å²) in [5.74, 6) is 1.06. The Kier molecular flexibility index (Phi) is 5.72. The van der Waals surface area contributed by atoms with E-state index in [1.807, 2.05) is 37.3 Å². The van der Waals surface area contributed by atoms with E-state index >= 15 is 0 Å². The van der Waals surface area contributed by atoms with Crippen molar-refractivity contribution in [1.82, 2.24) is 15.0 Å². The van der Waals surface area contributed by atoms with Gasteiger partial charge >= 0.3 is 0 Å². The Balaban J connectivity index is 1.71. The Morgan fingerprint density at radius 2 is 1.81 bits per heavy atom. The van der Waals surface area contributed by atoms with Crippen LogP contribution in [0.15, 0.2) is 53.6 Å². The van der Waals surface area contributed by atoms with Crippen LogP contribution in [0.1, 0.15) is 11.3 Å². The zero-order valence-corrected chi connectivity index (χ0v) is 16.5. The maximum Gasteiger partial charge on any atom is 0.180 e. The number of hydrogen-bond acceptors (Lipinski definition) is 6. The van der Waals surface area contributed by atoms with Gasteiger partial charge in [0.25, 0.3) is 0 Å². The molecule has 0 aliphatic rings. The first-order valence-corrected chi connectivity index (χ1v) is 10.6. The average molecular weight is 403 g/mol. The van der Waals surface area contributed by atoms with Gasteiger partial charge < -0.3 is 5.32 Å². The molecule has 0 amide bonds. The fourth-order valence-electron chi connectivity index (χ4n) is 2.51. The number of aryl methyl sites for hydroxylation is 1. The molecule has 0 aliphatic heterocycles. The molecule has 0 radical (unpaired) electrons. The fourth-order valence-corrected chi connectivity index (χ4v) is 3.30. The quantitative estimate of drug-likeness (QED) is 0.678. The SMILES string of the molecule is Cc1nc(-c2ccccn2)nc(NCCc2ccc(S(C)(=O)=O)cc2)c1Cl. The molecule has 6 nitrogen and oxygen atoms in total. The van der Waals surface area contributed by atoms with Gasteiger partial charge in [0.2, 0.25) is 0 Å². The molecule has 3 rings (SSSR count). The normalized spacial score (nSPS) is 11.4. The number of anilines is 1. The van der Waals surface area contributed by atoms with Crippen molar-refractivity contribution in [2.45, 2.75) is 18.2 Å². The first-order chi connectivity index (χ1) is 12.8. The highest BCUT2D eigenvalue weighted by Gasteiger charge is 2.12. The maximum absolute atomic E-state index is 11.5. The molecule has 0 spiro atoms. The van der Waals surface area contributed by atoms with Crippen LogP contribution in [0, 0.1) is 6.92 Å². The summed E-state index contributed by atoms with van der Waals surface area (Å²) < 4.78 is 23.0. The van der Waals surface area contributed by atoms with E-state index in [0.717, 1.165) is 5.56 Å². The first kappa shape index (κ1) is 19.3. The Hall–Kier alpha value is -2.51. The second-order valence-corrected chi connectivity index (χ2v) is 8.50. The zero-order valence-electron chi connectivity index (χ0n) is 15.0. The van der Waals surface area contributed by atoms with Gasteiger partial charge in [-0.3, -0.25) is 4.98 Å². The number of halogens is 1. The summed E-state index contributed by atoms with van der Waals surface area (Å²) in [6.07, 6.45) is 3.58. The monoisotopic (exact) mass is 402 g/mol.